The third-order valence-electron chi connectivity index (χ3n) is 2.65. The van der Waals surface area contributed by atoms with E-state index in [0.29, 0.717) is 6.61 Å². The summed E-state index contributed by atoms with van der Waals surface area (Å²) in [7, 11) is 0. The van der Waals surface area contributed by atoms with Gasteiger partial charge in [-0.05, 0) is 42.3 Å². The van der Waals surface area contributed by atoms with Crippen molar-refractivity contribution in [3.8, 4) is 5.75 Å². The van der Waals surface area contributed by atoms with Gasteiger partial charge in [0.15, 0.2) is 0 Å². The average Bonchev–Trinajstić information content (AvgIpc) is 2.39. The predicted molar refractivity (Wildman–Crippen MR) is 80.1 cm³/mol. The smallest absolute Gasteiger partial charge is 0.130 e. The molecule has 0 saturated heterocycles. The van der Waals surface area contributed by atoms with Gasteiger partial charge in [-0.3, -0.25) is 4.98 Å². The SMILES string of the molecule is Cc1cccnc1COc1ccc(Br)c(CBr)c1. The van der Waals surface area contributed by atoms with Gasteiger partial charge in [-0.15, -0.1) is 0 Å². The fraction of sp³-hybridized carbons (Fsp3) is 0.214. The number of ether oxygens (including phenoxy) is 1. The van der Waals surface area contributed by atoms with E-state index in [2.05, 4.69) is 36.8 Å². The van der Waals surface area contributed by atoms with Gasteiger partial charge in [0.1, 0.15) is 12.4 Å². The van der Waals surface area contributed by atoms with Crippen molar-refractivity contribution in [1.82, 2.24) is 4.98 Å². The average molecular weight is 371 g/mol. The molecule has 0 amide bonds. The number of nitrogens with zero attached hydrogens (tertiary/aromatic N) is 1. The van der Waals surface area contributed by atoms with Crippen LogP contribution in [0.2, 0.25) is 0 Å². The van der Waals surface area contributed by atoms with Crippen molar-refractivity contribution >= 4 is 31.9 Å². The van der Waals surface area contributed by atoms with Crippen molar-refractivity contribution in [3.05, 3.63) is 57.8 Å². The van der Waals surface area contributed by atoms with E-state index in [-0.39, 0.29) is 0 Å². The molecule has 0 spiro atoms. The Labute approximate surface area is 124 Å². The first kappa shape index (κ1) is 13.6. The Hall–Kier alpha value is -0.870. The number of alkyl halides is 1. The first-order valence-corrected chi connectivity index (χ1v) is 7.50. The molecule has 0 unspecified atom stereocenters. The van der Waals surface area contributed by atoms with Gasteiger partial charge in [0.25, 0.3) is 0 Å². The molecule has 0 aliphatic heterocycles. The van der Waals surface area contributed by atoms with Gasteiger partial charge in [-0.1, -0.05) is 37.9 Å². The summed E-state index contributed by atoms with van der Waals surface area (Å²) in [5.41, 5.74) is 3.29. The van der Waals surface area contributed by atoms with E-state index >= 15 is 0 Å². The molecule has 2 nitrogen and oxygen atoms in total. The lowest BCUT2D eigenvalue weighted by Gasteiger charge is -2.09. The normalized spacial score (nSPS) is 10.4. The zero-order valence-electron chi connectivity index (χ0n) is 9.99. The highest BCUT2D eigenvalue weighted by molar-refractivity contribution is 9.10. The van der Waals surface area contributed by atoms with Crippen LogP contribution in [-0.4, -0.2) is 4.98 Å². The highest BCUT2D eigenvalue weighted by atomic mass is 79.9. The maximum atomic E-state index is 5.77. The lowest BCUT2D eigenvalue weighted by Crippen LogP contribution is -2.00. The molecule has 2 rings (SSSR count). The van der Waals surface area contributed by atoms with Crippen LogP contribution in [0.25, 0.3) is 0 Å². The van der Waals surface area contributed by atoms with E-state index in [1.54, 1.807) is 6.20 Å². The Morgan fingerprint density at radius 3 is 2.83 bits per heavy atom. The minimum absolute atomic E-state index is 0.496. The Morgan fingerprint density at radius 2 is 2.11 bits per heavy atom. The van der Waals surface area contributed by atoms with Crippen LogP contribution in [0.3, 0.4) is 0 Å². The molecule has 0 N–H and O–H groups in total. The van der Waals surface area contributed by atoms with E-state index in [0.717, 1.165) is 26.8 Å². The van der Waals surface area contributed by atoms with Crippen molar-refractivity contribution in [2.45, 2.75) is 18.9 Å². The van der Waals surface area contributed by atoms with Gasteiger partial charge in [-0.25, -0.2) is 0 Å². The molecule has 0 bridgehead atoms. The fourth-order valence-electron chi connectivity index (χ4n) is 1.56. The van der Waals surface area contributed by atoms with Crippen LogP contribution < -0.4 is 4.74 Å². The van der Waals surface area contributed by atoms with Gasteiger partial charge < -0.3 is 4.74 Å². The van der Waals surface area contributed by atoms with E-state index < -0.39 is 0 Å². The molecule has 0 radical (unpaired) electrons. The molecule has 94 valence electrons. The van der Waals surface area contributed by atoms with Crippen LogP contribution in [0.1, 0.15) is 16.8 Å². The van der Waals surface area contributed by atoms with E-state index in [1.165, 1.54) is 5.56 Å². The van der Waals surface area contributed by atoms with Crippen LogP contribution in [0.5, 0.6) is 5.75 Å². The second-order valence-electron chi connectivity index (χ2n) is 3.94. The van der Waals surface area contributed by atoms with Crippen molar-refractivity contribution in [2.75, 3.05) is 0 Å². The zero-order valence-corrected chi connectivity index (χ0v) is 13.2. The van der Waals surface area contributed by atoms with Crippen LogP contribution in [0.4, 0.5) is 0 Å². The number of aryl methyl sites for hydroxylation is 1. The summed E-state index contributed by atoms with van der Waals surface area (Å²) in [6.07, 6.45) is 1.79. The first-order chi connectivity index (χ1) is 8.70. The van der Waals surface area contributed by atoms with Gasteiger partial charge in [-0.2, -0.15) is 0 Å². The fourth-order valence-corrected chi connectivity index (χ4v) is 2.79. The summed E-state index contributed by atoms with van der Waals surface area (Å²) in [5.74, 6) is 0.859. The maximum Gasteiger partial charge on any atom is 0.130 e. The number of hydrogen-bond acceptors (Lipinski definition) is 2. The largest absolute Gasteiger partial charge is 0.487 e. The van der Waals surface area contributed by atoms with Crippen molar-refractivity contribution in [1.29, 1.82) is 0 Å². The second kappa shape index (κ2) is 6.34. The third kappa shape index (κ3) is 3.33. The molecule has 0 fully saturated rings. The minimum Gasteiger partial charge on any atom is -0.487 e. The highest BCUT2D eigenvalue weighted by Gasteiger charge is 2.03. The van der Waals surface area contributed by atoms with E-state index in [9.17, 15) is 0 Å². The molecule has 18 heavy (non-hydrogen) atoms. The molecule has 0 aliphatic carbocycles. The zero-order chi connectivity index (χ0) is 13.0. The van der Waals surface area contributed by atoms with Crippen molar-refractivity contribution in [3.63, 3.8) is 0 Å². The van der Waals surface area contributed by atoms with E-state index in [1.807, 2.05) is 37.3 Å². The minimum atomic E-state index is 0.496. The Bertz CT molecular complexity index is 543. The predicted octanol–water partition coefficient (Wildman–Crippen LogP) is 4.63. The maximum absolute atomic E-state index is 5.77. The Balaban J connectivity index is 2.09. The number of aromatic nitrogens is 1. The molecule has 4 heteroatoms. The van der Waals surface area contributed by atoms with Crippen molar-refractivity contribution in [2.24, 2.45) is 0 Å². The van der Waals surface area contributed by atoms with Gasteiger partial charge in [0.2, 0.25) is 0 Å². The summed E-state index contributed by atoms with van der Waals surface area (Å²) in [5, 5.41) is 0.799. The Morgan fingerprint density at radius 1 is 1.28 bits per heavy atom. The molecule has 0 aliphatic rings. The van der Waals surface area contributed by atoms with Crippen molar-refractivity contribution < 1.29 is 4.74 Å². The summed E-state index contributed by atoms with van der Waals surface area (Å²) >= 11 is 6.95. The lowest BCUT2D eigenvalue weighted by molar-refractivity contribution is 0.300. The molecular weight excluding hydrogens is 358 g/mol. The topological polar surface area (TPSA) is 22.1 Å². The molecule has 1 aromatic carbocycles. The summed E-state index contributed by atoms with van der Waals surface area (Å²) in [6.45, 7) is 2.53. The van der Waals surface area contributed by atoms with Crippen LogP contribution in [-0.2, 0) is 11.9 Å². The number of pyridine rings is 1. The quantitative estimate of drug-likeness (QED) is 0.732. The van der Waals surface area contributed by atoms with Gasteiger partial charge in [0.05, 0.1) is 5.69 Å². The van der Waals surface area contributed by atoms with Crippen LogP contribution in [0, 0.1) is 6.92 Å². The molecule has 1 aromatic heterocycles. The highest BCUT2D eigenvalue weighted by Crippen LogP contribution is 2.25. The monoisotopic (exact) mass is 369 g/mol. The molecular formula is C14H13Br2NO. The van der Waals surface area contributed by atoms with Crippen LogP contribution >= 0.6 is 31.9 Å². The lowest BCUT2D eigenvalue weighted by atomic mass is 10.2. The summed E-state index contributed by atoms with van der Waals surface area (Å²) < 4.78 is 6.85. The standard InChI is InChI=1S/C14H13Br2NO/c1-10-3-2-6-17-14(10)9-18-12-4-5-13(16)11(7-12)8-15/h2-7H,8-9H2,1H3. The summed E-state index contributed by atoms with van der Waals surface area (Å²) in [6, 6.07) is 9.95. The third-order valence-corrected chi connectivity index (χ3v) is 4.03. The number of benzene rings is 1. The molecule has 1 heterocycles. The summed E-state index contributed by atoms with van der Waals surface area (Å²) in [4.78, 5) is 4.31. The second-order valence-corrected chi connectivity index (χ2v) is 5.36. The van der Waals surface area contributed by atoms with Crippen LogP contribution in [0.15, 0.2) is 41.0 Å². The first-order valence-electron chi connectivity index (χ1n) is 5.58. The number of halogens is 2. The molecule has 0 saturated carbocycles. The number of hydrogen-bond donors (Lipinski definition) is 0. The Kier molecular flexibility index (Phi) is 4.78. The van der Waals surface area contributed by atoms with Gasteiger partial charge >= 0.3 is 0 Å². The molecule has 0 atom stereocenters. The molecule has 2 aromatic rings. The van der Waals surface area contributed by atoms with E-state index in [4.69, 9.17) is 4.74 Å². The van der Waals surface area contributed by atoms with Gasteiger partial charge in [0, 0.05) is 16.0 Å². The number of rotatable bonds is 4.